The normalized spacial score (nSPS) is 14.3. The predicted octanol–water partition coefficient (Wildman–Crippen LogP) is 1.01. The van der Waals surface area contributed by atoms with E-state index in [9.17, 15) is 18.8 Å². The van der Waals surface area contributed by atoms with Gasteiger partial charge in [-0.2, -0.15) is 4.74 Å². The molecule has 1 aromatic heterocycles. The predicted molar refractivity (Wildman–Crippen MR) is 96.6 cm³/mol. The number of carbonyl (C=O) groups is 2. The summed E-state index contributed by atoms with van der Waals surface area (Å²) in [6.07, 6.45) is 1.43. The monoisotopic (exact) mass is 376 g/mol. The molecule has 2 aromatic rings. The summed E-state index contributed by atoms with van der Waals surface area (Å²) in [6, 6.07) is 4.57. The van der Waals surface area contributed by atoms with Crippen molar-refractivity contribution in [2.45, 2.75) is 20.5 Å². The van der Waals surface area contributed by atoms with Crippen molar-refractivity contribution in [1.82, 2.24) is 15.0 Å². The number of hydrogen-bond acceptors (Lipinski definition) is 5. The minimum Gasteiger partial charge on any atom is -0.366 e. The average Bonchev–Trinajstić information content (AvgIpc) is 3.01. The number of amides is 2. The molecule has 1 aliphatic rings. The Morgan fingerprint density at radius 3 is 2.48 bits per heavy atom. The molecule has 9 heteroatoms. The van der Waals surface area contributed by atoms with Gasteiger partial charge in [-0.3, -0.25) is 9.59 Å². The molecule has 27 heavy (non-hydrogen) atoms. The Kier molecular flexibility index (Phi) is 5.29. The molecule has 144 valence electrons. The van der Waals surface area contributed by atoms with E-state index in [4.69, 9.17) is 4.52 Å². The van der Waals surface area contributed by atoms with Crippen LogP contribution in [0.1, 0.15) is 13.8 Å². The number of aromatic nitrogens is 1. The maximum Gasteiger partial charge on any atom is 0.365 e. The fraction of sp³-hybridized carbons (Fsp3) is 0.389. The molecule has 0 aliphatic carbocycles. The average molecular weight is 376 g/mol. The molecule has 0 atom stereocenters. The van der Waals surface area contributed by atoms with Gasteiger partial charge < -0.3 is 19.6 Å². The Hall–Kier alpha value is -3.10. The zero-order valence-electron chi connectivity index (χ0n) is 15.2. The quantitative estimate of drug-likeness (QED) is 0.861. The smallest absolute Gasteiger partial charge is 0.365 e. The lowest BCUT2D eigenvalue weighted by Crippen LogP contribution is -2.48. The van der Waals surface area contributed by atoms with Crippen LogP contribution in [0.4, 0.5) is 10.1 Å². The molecule has 0 bridgehead atoms. The SMILES string of the molecule is CC(=O)NCn1cc(-c2ccc(N3CCN(C(C)=O)CC3)c(F)c2)c(=O)o1. The Morgan fingerprint density at radius 2 is 1.89 bits per heavy atom. The number of benzene rings is 1. The second-order valence-corrected chi connectivity index (χ2v) is 6.39. The molecular weight excluding hydrogens is 355 g/mol. The van der Waals surface area contributed by atoms with Gasteiger partial charge in [-0.15, -0.1) is 0 Å². The van der Waals surface area contributed by atoms with E-state index in [1.165, 1.54) is 30.9 Å². The minimum atomic E-state index is -0.609. The fourth-order valence-corrected chi connectivity index (χ4v) is 3.03. The van der Waals surface area contributed by atoms with Gasteiger partial charge in [0.05, 0.1) is 17.4 Å². The first-order valence-electron chi connectivity index (χ1n) is 8.60. The summed E-state index contributed by atoms with van der Waals surface area (Å²) in [5.74, 6) is -0.688. The summed E-state index contributed by atoms with van der Waals surface area (Å²) in [4.78, 5) is 38.0. The molecule has 1 N–H and O–H groups in total. The Bertz CT molecular complexity index is 912. The Morgan fingerprint density at radius 1 is 1.19 bits per heavy atom. The topological polar surface area (TPSA) is 87.8 Å². The molecule has 0 radical (unpaired) electrons. The second-order valence-electron chi connectivity index (χ2n) is 6.39. The van der Waals surface area contributed by atoms with Gasteiger partial charge in [0, 0.05) is 40.0 Å². The first kappa shape index (κ1) is 18.7. The number of piperazine rings is 1. The molecule has 0 unspecified atom stereocenters. The summed E-state index contributed by atoms with van der Waals surface area (Å²) >= 11 is 0. The van der Waals surface area contributed by atoms with Gasteiger partial charge in [0.15, 0.2) is 0 Å². The Balaban J connectivity index is 1.76. The van der Waals surface area contributed by atoms with Crippen molar-refractivity contribution < 1.29 is 18.5 Å². The van der Waals surface area contributed by atoms with E-state index in [1.807, 2.05) is 4.90 Å². The molecule has 3 rings (SSSR count). The zero-order chi connectivity index (χ0) is 19.6. The van der Waals surface area contributed by atoms with E-state index < -0.39 is 11.4 Å². The highest BCUT2D eigenvalue weighted by molar-refractivity contribution is 5.74. The summed E-state index contributed by atoms with van der Waals surface area (Å²) < 4.78 is 20.9. The van der Waals surface area contributed by atoms with Gasteiger partial charge in [-0.25, -0.2) is 9.18 Å². The maximum absolute atomic E-state index is 14.6. The largest absolute Gasteiger partial charge is 0.366 e. The van der Waals surface area contributed by atoms with Gasteiger partial charge in [0.2, 0.25) is 11.8 Å². The molecular formula is C18H21FN4O4. The van der Waals surface area contributed by atoms with Crippen LogP contribution < -0.4 is 15.8 Å². The maximum atomic E-state index is 14.6. The number of carbonyl (C=O) groups excluding carboxylic acids is 2. The van der Waals surface area contributed by atoms with Crippen molar-refractivity contribution in [2.24, 2.45) is 0 Å². The molecule has 8 nitrogen and oxygen atoms in total. The third-order valence-electron chi connectivity index (χ3n) is 4.50. The third kappa shape index (κ3) is 4.18. The van der Waals surface area contributed by atoms with Crippen molar-refractivity contribution in [3.63, 3.8) is 0 Å². The number of rotatable bonds is 4. The fourth-order valence-electron chi connectivity index (χ4n) is 3.03. The van der Waals surface area contributed by atoms with Crippen LogP contribution in [0.5, 0.6) is 0 Å². The highest BCUT2D eigenvalue weighted by Gasteiger charge is 2.21. The molecule has 1 saturated heterocycles. The molecule has 2 heterocycles. The van der Waals surface area contributed by atoms with E-state index in [1.54, 1.807) is 17.0 Å². The second kappa shape index (κ2) is 7.65. The van der Waals surface area contributed by atoms with Crippen molar-refractivity contribution in [3.05, 3.63) is 40.6 Å². The molecule has 1 aromatic carbocycles. The van der Waals surface area contributed by atoms with Crippen molar-refractivity contribution in [1.29, 1.82) is 0 Å². The number of hydrogen-bond donors (Lipinski definition) is 1. The van der Waals surface area contributed by atoms with E-state index >= 15 is 0 Å². The first-order valence-corrected chi connectivity index (χ1v) is 8.60. The molecule has 0 spiro atoms. The van der Waals surface area contributed by atoms with Crippen LogP contribution in [-0.4, -0.2) is 47.6 Å². The lowest BCUT2D eigenvalue weighted by atomic mass is 10.1. The lowest BCUT2D eigenvalue weighted by molar-refractivity contribution is -0.129. The lowest BCUT2D eigenvalue weighted by Gasteiger charge is -2.35. The van der Waals surface area contributed by atoms with Crippen molar-refractivity contribution in [3.8, 4) is 11.1 Å². The van der Waals surface area contributed by atoms with E-state index in [0.29, 0.717) is 37.4 Å². The van der Waals surface area contributed by atoms with Crippen LogP contribution in [0.15, 0.2) is 33.7 Å². The summed E-state index contributed by atoms with van der Waals surface area (Å²) in [6.45, 7) is 5.08. The van der Waals surface area contributed by atoms with Crippen molar-refractivity contribution in [2.75, 3.05) is 31.1 Å². The third-order valence-corrected chi connectivity index (χ3v) is 4.50. The Labute approximate surface area is 155 Å². The summed E-state index contributed by atoms with van der Waals surface area (Å²) in [5, 5.41) is 2.51. The van der Waals surface area contributed by atoms with Gasteiger partial charge in [0.1, 0.15) is 12.5 Å². The number of anilines is 1. The van der Waals surface area contributed by atoms with Gasteiger partial charge in [-0.1, -0.05) is 6.07 Å². The van der Waals surface area contributed by atoms with E-state index in [2.05, 4.69) is 5.32 Å². The van der Waals surface area contributed by atoms with E-state index in [0.717, 1.165) is 0 Å². The number of nitrogens with one attached hydrogen (secondary N) is 1. The standard InChI is InChI=1S/C18H21FN4O4/c1-12(24)20-11-23-10-15(18(26)27-23)14-3-4-17(16(19)9-14)22-7-5-21(6-8-22)13(2)25/h3-4,9-10H,5-8,11H2,1-2H3,(H,20,24). The molecule has 1 aliphatic heterocycles. The van der Waals surface area contributed by atoms with Crippen molar-refractivity contribution >= 4 is 17.5 Å². The number of halogens is 1. The van der Waals surface area contributed by atoms with Gasteiger partial charge >= 0.3 is 5.63 Å². The first-order chi connectivity index (χ1) is 12.8. The van der Waals surface area contributed by atoms with E-state index in [-0.39, 0.29) is 24.0 Å². The summed E-state index contributed by atoms with van der Waals surface area (Å²) in [7, 11) is 0. The highest BCUT2D eigenvalue weighted by atomic mass is 19.1. The number of nitrogens with zero attached hydrogens (tertiary/aromatic N) is 3. The molecule has 2 amide bonds. The van der Waals surface area contributed by atoms with Crippen LogP contribution in [0.3, 0.4) is 0 Å². The summed E-state index contributed by atoms with van der Waals surface area (Å²) in [5.41, 5.74) is 0.438. The van der Waals surface area contributed by atoms with Crippen LogP contribution in [0.25, 0.3) is 11.1 Å². The minimum absolute atomic E-state index is 0.0148. The van der Waals surface area contributed by atoms with Crippen LogP contribution in [-0.2, 0) is 16.3 Å². The highest BCUT2D eigenvalue weighted by Crippen LogP contribution is 2.26. The molecule has 1 fully saturated rings. The molecule has 0 saturated carbocycles. The zero-order valence-corrected chi connectivity index (χ0v) is 15.2. The van der Waals surface area contributed by atoms with Crippen LogP contribution >= 0.6 is 0 Å². The van der Waals surface area contributed by atoms with Crippen LogP contribution in [0, 0.1) is 5.82 Å². The van der Waals surface area contributed by atoms with Gasteiger partial charge in [-0.05, 0) is 17.7 Å². The van der Waals surface area contributed by atoms with Gasteiger partial charge in [0.25, 0.3) is 0 Å². The van der Waals surface area contributed by atoms with Crippen LogP contribution in [0.2, 0.25) is 0 Å².